The molecular formula is C16H30N. The van der Waals surface area contributed by atoms with Crippen molar-refractivity contribution in [2.75, 3.05) is 13.1 Å². The Labute approximate surface area is 108 Å². The molecule has 0 bridgehead atoms. The van der Waals surface area contributed by atoms with Gasteiger partial charge in [0.25, 0.3) is 0 Å². The van der Waals surface area contributed by atoms with Crippen molar-refractivity contribution in [3.05, 3.63) is 0 Å². The third-order valence-corrected chi connectivity index (χ3v) is 4.72. The molecule has 0 aromatic carbocycles. The van der Waals surface area contributed by atoms with E-state index in [-0.39, 0.29) is 0 Å². The molecular weight excluding hydrogens is 206 g/mol. The zero-order valence-corrected chi connectivity index (χ0v) is 11.5. The Morgan fingerprint density at radius 3 is 1.24 bits per heavy atom. The first-order chi connectivity index (χ1) is 8.45. The summed E-state index contributed by atoms with van der Waals surface area (Å²) in [5.41, 5.74) is 0. The summed E-state index contributed by atoms with van der Waals surface area (Å²) < 4.78 is 0. The monoisotopic (exact) mass is 236 g/mol. The molecule has 0 unspecified atom stereocenters. The van der Waals surface area contributed by atoms with Gasteiger partial charge in [0, 0.05) is 13.1 Å². The molecule has 2 saturated carbocycles. The first-order valence-corrected chi connectivity index (χ1v) is 8.08. The van der Waals surface area contributed by atoms with Crippen LogP contribution in [0.4, 0.5) is 0 Å². The Hall–Kier alpha value is -0.0400. The largest absolute Gasteiger partial charge is 0.241 e. The third kappa shape index (κ3) is 5.42. The molecule has 2 aliphatic carbocycles. The lowest BCUT2D eigenvalue weighted by molar-refractivity contribution is 0.370. The van der Waals surface area contributed by atoms with Crippen LogP contribution in [0.25, 0.3) is 0 Å². The number of nitrogens with zero attached hydrogens (tertiary/aromatic N) is 1. The number of hydrogen-bond acceptors (Lipinski definition) is 0. The smallest absolute Gasteiger partial charge is 0.0161 e. The summed E-state index contributed by atoms with van der Waals surface area (Å²) in [5, 5.41) is 4.90. The Morgan fingerprint density at radius 1 is 0.529 bits per heavy atom. The van der Waals surface area contributed by atoms with E-state index in [1.54, 1.807) is 0 Å². The molecule has 0 N–H and O–H groups in total. The van der Waals surface area contributed by atoms with Crippen LogP contribution >= 0.6 is 0 Å². The van der Waals surface area contributed by atoms with Gasteiger partial charge in [-0.05, 0) is 37.5 Å². The molecule has 17 heavy (non-hydrogen) atoms. The molecule has 0 aromatic rings. The van der Waals surface area contributed by atoms with E-state index in [1.165, 1.54) is 90.1 Å². The molecule has 1 nitrogen and oxygen atoms in total. The minimum absolute atomic E-state index is 0.934. The molecule has 0 atom stereocenters. The molecule has 0 amide bonds. The van der Waals surface area contributed by atoms with Crippen molar-refractivity contribution in [3.63, 3.8) is 0 Å². The van der Waals surface area contributed by atoms with Gasteiger partial charge in [0.2, 0.25) is 0 Å². The van der Waals surface area contributed by atoms with Gasteiger partial charge in [-0.15, -0.1) is 0 Å². The average Bonchev–Trinajstić information content (AvgIpc) is 2.73. The third-order valence-electron chi connectivity index (χ3n) is 4.72. The first kappa shape index (κ1) is 13.4. The van der Waals surface area contributed by atoms with Gasteiger partial charge in [-0.3, -0.25) is 0 Å². The lowest BCUT2D eigenvalue weighted by atomic mass is 9.98. The fourth-order valence-corrected chi connectivity index (χ4v) is 3.53. The average molecular weight is 236 g/mol. The quantitative estimate of drug-likeness (QED) is 0.637. The van der Waals surface area contributed by atoms with E-state index in [0.29, 0.717) is 0 Å². The van der Waals surface area contributed by atoms with Gasteiger partial charge in [0.15, 0.2) is 0 Å². The van der Waals surface area contributed by atoms with Crippen molar-refractivity contribution in [1.82, 2.24) is 5.32 Å². The maximum atomic E-state index is 4.90. The molecule has 2 fully saturated rings. The Bertz CT molecular complexity index is 154. The van der Waals surface area contributed by atoms with Gasteiger partial charge in [0.1, 0.15) is 0 Å². The lowest BCUT2D eigenvalue weighted by Crippen LogP contribution is -2.22. The van der Waals surface area contributed by atoms with Crippen molar-refractivity contribution in [3.8, 4) is 0 Å². The highest BCUT2D eigenvalue weighted by Crippen LogP contribution is 2.24. The second kappa shape index (κ2) is 8.13. The molecule has 0 aromatic heterocycles. The summed E-state index contributed by atoms with van der Waals surface area (Å²) in [6, 6.07) is 0. The van der Waals surface area contributed by atoms with Gasteiger partial charge >= 0.3 is 0 Å². The van der Waals surface area contributed by atoms with Crippen LogP contribution in [0.5, 0.6) is 0 Å². The van der Waals surface area contributed by atoms with E-state index in [4.69, 9.17) is 5.32 Å². The van der Waals surface area contributed by atoms with E-state index in [2.05, 4.69) is 0 Å². The molecule has 0 spiro atoms. The second-order valence-electron chi connectivity index (χ2n) is 6.30. The van der Waals surface area contributed by atoms with Crippen LogP contribution in [-0.4, -0.2) is 13.1 Å². The Morgan fingerprint density at radius 2 is 0.882 bits per heavy atom. The summed E-state index contributed by atoms with van der Waals surface area (Å²) in [6.45, 7) is 2.35. The lowest BCUT2D eigenvalue weighted by Gasteiger charge is -2.17. The molecule has 2 aliphatic rings. The van der Waals surface area contributed by atoms with Crippen LogP contribution in [0.15, 0.2) is 0 Å². The van der Waals surface area contributed by atoms with Gasteiger partial charge < -0.3 is 0 Å². The van der Waals surface area contributed by atoms with Gasteiger partial charge in [0.05, 0.1) is 0 Å². The SMILES string of the molecule is C1CCCC(C[N]CC2CCCCCC2)CC1. The molecule has 1 heteroatoms. The van der Waals surface area contributed by atoms with E-state index in [9.17, 15) is 0 Å². The fourth-order valence-electron chi connectivity index (χ4n) is 3.53. The highest BCUT2D eigenvalue weighted by Gasteiger charge is 2.15. The van der Waals surface area contributed by atoms with Crippen LogP contribution < -0.4 is 5.32 Å². The summed E-state index contributed by atoms with van der Waals surface area (Å²) in [5.74, 6) is 1.87. The topological polar surface area (TPSA) is 14.1 Å². The van der Waals surface area contributed by atoms with Crippen molar-refractivity contribution in [2.45, 2.75) is 77.0 Å². The van der Waals surface area contributed by atoms with Crippen LogP contribution in [0.1, 0.15) is 77.0 Å². The second-order valence-corrected chi connectivity index (χ2v) is 6.30. The van der Waals surface area contributed by atoms with Gasteiger partial charge in [-0.2, -0.15) is 0 Å². The van der Waals surface area contributed by atoms with E-state index < -0.39 is 0 Å². The van der Waals surface area contributed by atoms with Crippen LogP contribution in [-0.2, 0) is 0 Å². The highest BCUT2D eigenvalue weighted by molar-refractivity contribution is 4.70. The zero-order valence-electron chi connectivity index (χ0n) is 11.5. The predicted octanol–water partition coefficient (Wildman–Crippen LogP) is 4.53. The summed E-state index contributed by atoms with van der Waals surface area (Å²) in [6.07, 6.45) is 17.5. The minimum atomic E-state index is 0.934. The van der Waals surface area contributed by atoms with Crippen molar-refractivity contribution < 1.29 is 0 Å². The van der Waals surface area contributed by atoms with Gasteiger partial charge in [-0.25, -0.2) is 5.32 Å². The summed E-state index contributed by atoms with van der Waals surface area (Å²) >= 11 is 0. The molecule has 0 aliphatic heterocycles. The molecule has 99 valence electrons. The number of hydrogen-bond donors (Lipinski definition) is 0. The maximum Gasteiger partial charge on any atom is 0.0161 e. The zero-order chi connectivity index (χ0) is 11.8. The van der Waals surface area contributed by atoms with E-state index in [0.717, 1.165) is 11.8 Å². The molecule has 2 rings (SSSR count). The van der Waals surface area contributed by atoms with Gasteiger partial charge in [-0.1, -0.05) is 51.4 Å². The van der Waals surface area contributed by atoms with Crippen LogP contribution in [0.2, 0.25) is 0 Å². The summed E-state index contributed by atoms with van der Waals surface area (Å²) in [4.78, 5) is 0. The van der Waals surface area contributed by atoms with Crippen LogP contribution in [0, 0.1) is 11.8 Å². The van der Waals surface area contributed by atoms with Crippen molar-refractivity contribution >= 4 is 0 Å². The minimum Gasteiger partial charge on any atom is -0.241 e. The van der Waals surface area contributed by atoms with E-state index in [1.807, 2.05) is 0 Å². The predicted molar refractivity (Wildman–Crippen MR) is 74.3 cm³/mol. The standard InChI is InChI=1S/C16H30N/c1-2-6-10-15(9-5-1)13-17-14-16-11-7-3-4-8-12-16/h15-16H,1-14H2. The van der Waals surface area contributed by atoms with Crippen molar-refractivity contribution in [2.24, 2.45) is 11.8 Å². The van der Waals surface area contributed by atoms with Crippen LogP contribution in [0.3, 0.4) is 0 Å². The molecule has 0 heterocycles. The highest BCUT2D eigenvalue weighted by atomic mass is 14.9. The maximum absolute atomic E-state index is 4.90. The summed E-state index contributed by atoms with van der Waals surface area (Å²) in [7, 11) is 0. The fraction of sp³-hybridized carbons (Fsp3) is 1.00. The Balaban J connectivity index is 1.57. The first-order valence-electron chi connectivity index (χ1n) is 8.08. The van der Waals surface area contributed by atoms with Crippen molar-refractivity contribution in [1.29, 1.82) is 0 Å². The van der Waals surface area contributed by atoms with E-state index >= 15 is 0 Å². The molecule has 1 radical (unpaired) electrons. The molecule has 0 saturated heterocycles. The normalized spacial score (nSPS) is 25.4. The number of rotatable bonds is 4. The Kier molecular flexibility index (Phi) is 6.41.